The molecule has 8 nitrogen and oxygen atoms in total. The number of nitrogens with zero attached hydrogens (tertiary/aromatic N) is 1. The highest BCUT2D eigenvalue weighted by molar-refractivity contribution is 6.29. The molecule has 3 aliphatic carbocycles. The number of hydrogen-bond acceptors (Lipinski definition) is 6. The van der Waals surface area contributed by atoms with Crippen LogP contribution >= 0.6 is 11.6 Å². The summed E-state index contributed by atoms with van der Waals surface area (Å²) in [6, 6.07) is 1.60. The van der Waals surface area contributed by atoms with Crippen molar-refractivity contribution < 1.29 is 23.8 Å². The van der Waals surface area contributed by atoms with Crippen molar-refractivity contribution in [2.45, 2.75) is 102 Å². The van der Waals surface area contributed by atoms with Crippen molar-refractivity contribution in [3.63, 3.8) is 0 Å². The Morgan fingerprint density at radius 1 is 1.15 bits per heavy atom. The Kier molecular flexibility index (Phi) is 7.39. The van der Waals surface area contributed by atoms with Crippen LogP contribution in [0, 0.1) is 0 Å². The van der Waals surface area contributed by atoms with E-state index >= 15 is 0 Å². The Morgan fingerprint density at radius 2 is 1.71 bits per heavy atom. The number of carbonyl (C=O) groups excluding carboxylic acids is 2. The summed E-state index contributed by atoms with van der Waals surface area (Å²) in [7, 11) is 0. The van der Waals surface area contributed by atoms with Crippen LogP contribution in [0.3, 0.4) is 0 Å². The van der Waals surface area contributed by atoms with Gasteiger partial charge in [0.1, 0.15) is 16.9 Å². The number of carbonyl (C=O) groups is 2. The molecule has 3 saturated carbocycles. The van der Waals surface area contributed by atoms with Crippen LogP contribution in [0.4, 0.5) is 14.9 Å². The van der Waals surface area contributed by atoms with E-state index in [-0.39, 0.29) is 28.3 Å². The van der Waals surface area contributed by atoms with Gasteiger partial charge < -0.3 is 25.8 Å². The molecule has 0 saturated heterocycles. The van der Waals surface area contributed by atoms with Crippen LogP contribution in [0.5, 0.6) is 0 Å². The van der Waals surface area contributed by atoms with E-state index in [1.54, 1.807) is 6.07 Å². The summed E-state index contributed by atoms with van der Waals surface area (Å²) in [5.74, 6) is -0.498. The number of hydrogen-bond donors (Lipinski definition) is 4. The quantitative estimate of drug-likeness (QED) is 0.415. The number of halogens is 2. The molecule has 2 amide bonds. The molecule has 1 aromatic heterocycles. The molecule has 0 aromatic carbocycles. The van der Waals surface area contributed by atoms with E-state index in [1.807, 2.05) is 20.8 Å². The van der Waals surface area contributed by atoms with Gasteiger partial charge in [-0.1, -0.05) is 11.6 Å². The molecular formula is C24H36ClFN4O4. The Labute approximate surface area is 205 Å². The van der Waals surface area contributed by atoms with Crippen LogP contribution in [0.15, 0.2) is 12.3 Å². The van der Waals surface area contributed by atoms with Crippen LogP contribution < -0.4 is 16.0 Å². The fourth-order valence-electron chi connectivity index (χ4n) is 4.61. The van der Waals surface area contributed by atoms with Gasteiger partial charge in [-0.05, 0) is 79.2 Å². The van der Waals surface area contributed by atoms with E-state index in [0.717, 1.165) is 38.5 Å². The lowest BCUT2D eigenvalue weighted by molar-refractivity contribution is -0.00179. The highest BCUT2D eigenvalue weighted by Crippen LogP contribution is 2.48. The topological polar surface area (TPSA) is 113 Å². The number of nitrogens with one attached hydrogen (secondary N) is 3. The molecule has 3 aliphatic rings. The minimum atomic E-state index is -1.62. The van der Waals surface area contributed by atoms with Crippen molar-refractivity contribution in [2.24, 2.45) is 0 Å². The maximum Gasteiger partial charge on any atom is 0.408 e. The van der Waals surface area contributed by atoms with Gasteiger partial charge in [0.2, 0.25) is 0 Å². The molecule has 10 heteroatoms. The monoisotopic (exact) mass is 498 g/mol. The van der Waals surface area contributed by atoms with Crippen LogP contribution in [-0.2, 0) is 4.74 Å². The van der Waals surface area contributed by atoms with Crippen molar-refractivity contribution >= 4 is 29.3 Å². The molecule has 1 atom stereocenters. The second kappa shape index (κ2) is 9.49. The normalized spacial score (nSPS) is 25.4. The molecule has 0 aliphatic heterocycles. The summed E-state index contributed by atoms with van der Waals surface area (Å²) >= 11 is 6.12. The number of aliphatic hydroxyl groups is 1. The second-order valence-electron chi connectivity index (χ2n) is 11.2. The first-order valence-corrected chi connectivity index (χ1v) is 12.1. The largest absolute Gasteiger partial charge is 0.444 e. The Bertz CT molecular complexity index is 904. The molecule has 0 radical (unpaired) electrons. The standard InChI is InChI=1S/C24H36ClFN4O4/c1-21(2,3)34-20(32)30-24-9-6-23(7-10-24,8-11-24)29-16-12-18(25)27-13-15(16)19(31)28-14-17(26)22(4,5)33/h12-13,17,33H,6-11,14H2,1-5H3,(H,27,29)(H,28,31)(H,30,32)/t17-,23?,24?/m1/s1. The van der Waals surface area contributed by atoms with Crippen molar-refractivity contribution in [2.75, 3.05) is 11.9 Å². The first-order valence-electron chi connectivity index (χ1n) is 11.7. The predicted octanol–water partition coefficient (Wildman–Crippen LogP) is 4.36. The minimum absolute atomic E-state index is 0.239. The van der Waals surface area contributed by atoms with Gasteiger partial charge in [0.05, 0.1) is 23.4 Å². The second-order valence-corrected chi connectivity index (χ2v) is 11.6. The van der Waals surface area contributed by atoms with Gasteiger partial charge in [-0.15, -0.1) is 0 Å². The minimum Gasteiger partial charge on any atom is -0.444 e. The summed E-state index contributed by atoms with van der Waals surface area (Å²) in [5, 5.41) is 19.2. The Morgan fingerprint density at radius 3 is 2.24 bits per heavy atom. The molecule has 1 heterocycles. The zero-order chi connectivity index (χ0) is 25.4. The number of amides is 2. The predicted molar refractivity (Wildman–Crippen MR) is 129 cm³/mol. The number of aromatic nitrogens is 1. The SMILES string of the molecule is CC(C)(C)OC(=O)NC12CCC(Nc3cc(Cl)ncc3C(=O)NC[C@@H](F)C(C)(C)O)(CC1)CC2. The average Bonchev–Trinajstić information content (AvgIpc) is 2.71. The van der Waals surface area contributed by atoms with Gasteiger partial charge in [-0.2, -0.15) is 0 Å². The van der Waals surface area contributed by atoms with Crippen molar-refractivity contribution in [3.05, 3.63) is 23.0 Å². The van der Waals surface area contributed by atoms with Gasteiger partial charge in [-0.25, -0.2) is 14.2 Å². The number of ether oxygens (including phenoxy) is 1. The molecule has 0 unspecified atom stereocenters. The lowest BCUT2D eigenvalue weighted by Gasteiger charge is -2.54. The van der Waals surface area contributed by atoms with E-state index < -0.39 is 29.4 Å². The van der Waals surface area contributed by atoms with E-state index in [0.29, 0.717) is 5.69 Å². The highest BCUT2D eigenvalue weighted by atomic mass is 35.5. The lowest BCUT2D eigenvalue weighted by Crippen LogP contribution is -2.61. The molecule has 2 bridgehead atoms. The molecular weight excluding hydrogens is 463 g/mol. The molecule has 34 heavy (non-hydrogen) atoms. The third-order valence-electron chi connectivity index (χ3n) is 6.74. The van der Waals surface area contributed by atoms with Crippen LogP contribution in [0.2, 0.25) is 5.15 Å². The fraction of sp³-hybridized carbons (Fsp3) is 0.708. The van der Waals surface area contributed by atoms with Crippen LogP contribution in [-0.4, -0.2) is 57.1 Å². The first-order chi connectivity index (χ1) is 15.6. The molecule has 3 fully saturated rings. The van der Waals surface area contributed by atoms with E-state index in [4.69, 9.17) is 16.3 Å². The van der Waals surface area contributed by atoms with Crippen molar-refractivity contribution in [1.82, 2.24) is 15.6 Å². The van der Waals surface area contributed by atoms with Crippen LogP contribution in [0.1, 0.15) is 83.5 Å². The molecule has 4 rings (SSSR count). The van der Waals surface area contributed by atoms with Gasteiger partial charge in [0, 0.05) is 17.3 Å². The van der Waals surface area contributed by atoms with Gasteiger partial charge >= 0.3 is 6.09 Å². The summed E-state index contributed by atoms with van der Waals surface area (Å²) in [6.45, 7) is 7.90. The maximum atomic E-state index is 14.1. The number of alkyl halides is 1. The van der Waals surface area contributed by atoms with Gasteiger partial charge in [-0.3, -0.25) is 4.79 Å². The van der Waals surface area contributed by atoms with Crippen LogP contribution in [0.25, 0.3) is 0 Å². The number of pyridine rings is 1. The maximum absolute atomic E-state index is 14.1. The number of fused-ring (bicyclic) bond motifs is 3. The number of alkyl carbamates (subject to hydrolysis) is 1. The molecule has 1 aromatic rings. The zero-order valence-electron chi connectivity index (χ0n) is 20.6. The fourth-order valence-corrected chi connectivity index (χ4v) is 4.77. The third-order valence-corrected chi connectivity index (χ3v) is 6.94. The molecule has 0 spiro atoms. The van der Waals surface area contributed by atoms with E-state index in [1.165, 1.54) is 20.0 Å². The number of rotatable bonds is 7. The average molecular weight is 499 g/mol. The van der Waals surface area contributed by atoms with Gasteiger partial charge in [0.15, 0.2) is 0 Å². The first kappa shape index (κ1) is 26.5. The molecule has 190 valence electrons. The number of anilines is 1. The summed E-state index contributed by atoms with van der Waals surface area (Å²) in [6.07, 6.45) is 4.12. The summed E-state index contributed by atoms with van der Waals surface area (Å²) < 4.78 is 19.6. The van der Waals surface area contributed by atoms with E-state index in [9.17, 15) is 19.1 Å². The summed E-state index contributed by atoms with van der Waals surface area (Å²) in [4.78, 5) is 29.2. The van der Waals surface area contributed by atoms with Gasteiger partial charge in [0.25, 0.3) is 5.91 Å². The highest BCUT2D eigenvalue weighted by Gasteiger charge is 2.50. The van der Waals surface area contributed by atoms with Crippen molar-refractivity contribution in [3.8, 4) is 0 Å². The van der Waals surface area contributed by atoms with Crippen molar-refractivity contribution in [1.29, 1.82) is 0 Å². The lowest BCUT2D eigenvalue weighted by atomic mass is 9.61. The summed E-state index contributed by atoms with van der Waals surface area (Å²) in [5.41, 5.74) is -1.85. The Hall–Kier alpha value is -2.13. The molecule has 4 N–H and O–H groups in total. The third kappa shape index (κ3) is 6.50. The van der Waals surface area contributed by atoms with E-state index in [2.05, 4.69) is 20.9 Å². The Balaban J connectivity index is 1.67. The zero-order valence-corrected chi connectivity index (χ0v) is 21.3. The smallest absolute Gasteiger partial charge is 0.408 e.